The molecule has 4 rings (SSSR count). The summed E-state index contributed by atoms with van der Waals surface area (Å²) in [5.41, 5.74) is 0.581. The fraction of sp³-hybridized carbons (Fsp3) is 0.440. The molecule has 2 aliphatic rings. The van der Waals surface area contributed by atoms with Crippen LogP contribution in [0.4, 0.5) is 0 Å². The number of nitrogens with one attached hydrogen (secondary N) is 1. The topological polar surface area (TPSA) is 67.9 Å². The first-order valence-electron chi connectivity index (χ1n) is 10.8. The molecule has 31 heavy (non-hydrogen) atoms. The maximum absolute atomic E-state index is 13.7. The van der Waals surface area contributed by atoms with Crippen molar-refractivity contribution in [3.63, 3.8) is 0 Å². The molecule has 0 aliphatic carbocycles. The summed E-state index contributed by atoms with van der Waals surface area (Å²) in [6.45, 7) is 6.07. The Labute approximate surface area is 183 Å². The van der Waals surface area contributed by atoms with E-state index >= 15 is 0 Å². The van der Waals surface area contributed by atoms with Crippen LogP contribution >= 0.6 is 0 Å². The van der Waals surface area contributed by atoms with Gasteiger partial charge >= 0.3 is 0 Å². The maximum Gasteiger partial charge on any atom is 0.251 e. The lowest BCUT2D eigenvalue weighted by Gasteiger charge is -2.48. The minimum Gasteiger partial charge on any atom is -0.378 e. The average molecular weight is 423 g/mol. The summed E-state index contributed by atoms with van der Waals surface area (Å²) >= 11 is 0. The molecule has 6 heteroatoms. The number of carbonyl (C=O) groups excluding carboxylic acids is 2. The van der Waals surface area contributed by atoms with E-state index in [4.69, 9.17) is 9.47 Å². The van der Waals surface area contributed by atoms with Crippen LogP contribution in [-0.2, 0) is 20.7 Å². The van der Waals surface area contributed by atoms with E-state index in [1.54, 1.807) is 12.1 Å². The van der Waals surface area contributed by atoms with Crippen molar-refractivity contribution >= 4 is 11.8 Å². The highest BCUT2D eigenvalue weighted by Gasteiger charge is 2.48. The Balaban J connectivity index is 1.57. The minimum atomic E-state index is -0.664. The SMILES string of the molecule is CC1(C)CN(C(=O)[C@@H](Cc2ccccc2)NC(=O)c2ccccc2)C[C@@]2(CCOC2)O1. The zero-order valence-electron chi connectivity index (χ0n) is 18.2. The third kappa shape index (κ3) is 5.14. The molecule has 2 amide bonds. The third-order valence-electron chi connectivity index (χ3n) is 5.84. The van der Waals surface area contributed by atoms with E-state index in [1.807, 2.05) is 67.3 Å². The van der Waals surface area contributed by atoms with Gasteiger partial charge in [0.15, 0.2) is 0 Å². The van der Waals surface area contributed by atoms with E-state index in [1.165, 1.54) is 0 Å². The molecule has 2 aliphatic heterocycles. The molecule has 2 heterocycles. The van der Waals surface area contributed by atoms with E-state index in [-0.39, 0.29) is 11.8 Å². The van der Waals surface area contributed by atoms with Crippen LogP contribution in [0.1, 0.15) is 36.2 Å². The van der Waals surface area contributed by atoms with Crippen LogP contribution in [0, 0.1) is 0 Å². The standard InChI is InChI=1S/C25H30N2O4/c1-24(2)16-27(17-25(31-24)13-14-30-18-25)23(29)21(15-19-9-5-3-6-10-19)26-22(28)20-11-7-4-8-12-20/h3-12,21H,13-18H2,1-2H3,(H,26,28)/t21-,25-/m1/s1. The molecule has 2 atom stereocenters. The Morgan fingerprint density at radius 3 is 2.35 bits per heavy atom. The van der Waals surface area contributed by atoms with E-state index in [0.717, 1.165) is 12.0 Å². The molecule has 2 aromatic carbocycles. The smallest absolute Gasteiger partial charge is 0.251 e. The lowest BCUT2D eigenvalue weighted by Crippen LogP contribution is -2.64. The fourth-order valence-electron chi connectivity index (χ4n) is 4.56. The summed E-state index contributed by atoms with van der Waals surface area (Å²) in [4.78, 5) is 28.4. The highest BCUT2D eigenvalue weighted by molar-refractivity contribution is 5.97. The minimum absolute atomic E-state index is 0.0872. The number of hydrogen-bond donors (Lipinski definition) is 1. The number of hydrogen-bond acceptors (Lipinski definition) is 4. The number of amides is 2. The molecule has 164 valence electrons. The van der Waals surface area contributed by atoms with E-state index < -0.39 is 17.2 Å². The molecule has 0 unspecified atom stereocenters. The lowest BCUT2D eigenvalue weighted by molar-refractivity contribution is -0.200. The van der Waals surface area contributed by atoms with Crippen LogP contribution in [0.25, 0.3) is 0 Å². The molecule has 0 radical (unpaired) electrons. The van der Waals surface area contributed by atoms with Crippen molar-refractivity contribution < 1.29 is 19.1 Å². The molecule has 2 fully saturated rings. The van der Waals surface area contributed by atoms with Gasteiger partial charge in [0.05, 0.1) is 18.8 Å². The van der Waals surface area contributed by atoms with Crippen molar-refractivity contribution in [3.8, 4) is 0 Å². The van der Waals surface area contributed by atoms with E-state index in [9.17, 15) is 9.59 Å². The summed E-state index contributed by atoms with van der Waals surface area (Å²) in [7, 11) is 0. The fourth-order valence-corrected chi connectivity index (χ4v) is 4.56. The Morgan fingerprint density at radius 1 is 1.03 bits per heavy atom. The molecule has 1 N–H and O–H groups in total. The Hall–Kier alpha value is -2.70. The third-order valence-corrected chi connectivity index (χ3v) is 5.84. The van der Waals surface area contributed by atoms with Gasteiger partial charge in [0.1, 0.15) is 11.6 Å². The molecular formula is C25H30N2O4. The first-order chi connectivity index (χ1) is 14.9. The monoisotopic (exact) mass is 422 g/mol. The van der Waals surface area contributed by atoms with Crippen molar-refractivity contribution in [3.05, 3.63) is 71.8 Å². The van der Waals surface area contributed by atoms with Gasteiger partial charge in [0.25, 0.3) is 5.91 Å². The zero-order chi connectivity index (χ0) is 21.9. The molecule has 0 aromatic heterocycles. The van der Waals surface area contributed by atoms with Crippen LogP contribution in [0.3, 0.4) is 0 Å². The van der Waals surface area contributed by atoms with Crippen LogP contribution in [0.2, 0.25) is 0 Å². The summed E-state index contributed by atoms with van der Waals surface area (Å²) < 4.78 is 11.9. The number of carbonyl (C=O) groups is 2. The van der Waals surface area contributed by atoms with Crippen LogP contribution in [-0.4, -0.2) is 60.3 Å². The molecule has 6 nitrogen and oxygen atoms in total. The van der Waals surface area contributed by atoms with Gasteiger partial charge in [-0.3, -0.25) is 9.59 Å². The molecule has 1 spiro atoms. The summed E-state index contributed by atoms with van der Waals surface area (Å²) in [5, 5.41) is 2.98. The van der Waals surface area contributed by atoms with Gasteiger partial charge in [-0.05, 0) is 31.5 Å². The molecule has 2 saturated heterocycles. The number of nitrogens with zero attached hydrogens (tertiary/aromatic N) is 1. The van der Waals surface area contributed by atoms with Crippen molar-refractivity contribution in [2.24, 2.45) is 0 Å². The van der Waals surface area contributed by atoms with Crippen molar-refractivity contribution in [1.29, 1.82) is 0 Å². The largest absolute Gasteiger partial charge is 0.378 e. The number of benzene rings is 2. The van der Waals surface area contributed by atoms with Gasteiger partial charge in [0, 0.05) is 31.6 Å². The van der Waals surface area contributed by atoms with Crippen molar-refractivity contribution in [2.45, 2.75) is 43.9 Å². The Kier molecular flexibility index (Phi) is 6.12. The first kappa shape index (κ1) is 21.5. The Bertz CT molecular complexity index is 908. The van der Waals surface area contributed by atoms with E-state index in [2.05, 4.69) is 5.32 Å². The lowest BCUT2D eigenvalue weighted by atomic mass is 9.93. The summed E-state index contributed by atoms with van der Waals surface area (Å²) in [6.07, 6.45) is 1.19. The summed E-state index contributed by atoms with van der Waals surface area (Å²) in [5.74, 6) is -0.336. The van der Waals surface area contributed by atoms with E-state index in [0.29, 0.717) is 38.3 Å². The maximum atomic E-state index is 13.7. The van der Waals surface area contributed by atoms with Gasteiger partial charge in [0.2, 0.25) is 5.91 Å². The number of ether oxygens (including phenoxy) is 2. The van der Waals surface area contributed by atoms with Gasteiger partial charge in [-0.15, -0.1) is 0 Å². The zero-order valence-corrected chi connectivity index (χ0v) is 18.2. The highest BCUT2D eigenvalue weighted by Crippen LogP contribution is 2.35. The van der Waals surface area contributed by atoms with Crippen molar-refractivity contribution in [1.82, 2.24) is 10.2 Å². The molecule has 0 bridgehead atoms. The van der Waals surface area contributed by atoms with Gasteiger partial charge < -0.3 is 19.7 Å². The van der Waals surface area contributed by atoms with Crippen molar-refractivity contribution in [2.75, 3.05) is 26.3 Å². The molecule has 2 aromatic rings. The molecule has 0 saturated carbocycles. The second-order valence-electron chi connectivity index (χ2n) is 9.12. The normalized spacial score (nSPS) is 23.5. The second kappa shape index (κ2) is 8.81. The number of rotatable bonds is 5. The van der Waals surface area contributed by atoms with Crippen LogP contribution in [0.5, 0.6) is 0 Å². The van der Waals surface area contributed by atoms with Gasteiger partial charge in [-0.1, -0.05) is 48.5 Å². The average Bonchev–Trinajstić information content (AvgIpc) is 3.19. The van der Waals surface area contributed by atoms with Gasteiger partial charge in [-0.25, -0.2) is 0 Å². The van der Waals surface area contributed by atoms with Gasteiger partial charge in [-0.2, -0.15) is 0 Å². The van der Waals surface area contributed by atoms with Crippen LogP contribution in [0.15, 0.2) is 60.7 Å². The second-order valence-corrected chi connectivity index (χ2v) is 9.12. The predicted molar refractivity (Wildman–Crippen MR) is 118 cm³/mol. The Morgan fingerprint density at radius 2 is 1.71 bits per heavy atom. The van der Waals surface area contributed by atoms with Crippen LogP contribution < -0.4 is 5.32 Å². The highest BCUT2D eigenvalue weighted by atomic mass is 16.6. The predicted octanol–water partition coefficient (Wildman–Crippen LogP) is 2.82. The molecular weight excluding hydrogens is 392 g/mol. The summed E-state index contributed by atoms with van der Waals surface area (Å²) in [6, 6.07) is 18.1. The first-order valence-corrected chi connectivity index (χ1v) is 10.8. The number of morpholine rings is 1. The quantitative estimate of drug-likeness (QED) is 0.805.